The minimum absolute atomic E-state index is 0.0451. The van der Waals surface area contributed by atoms with E-state index in [1.165, 1.54) is 19.3 Å². The van der Waals surface area contributed by atoms with Crippen LogP contribution in [0.4, 0.5) is 0 Å². The molecule has 18 heavy (non-hydrogen) atoms. The molecule has 0 aliphatic heterocycles. The van der Waals surface area contributed by atoms with Gasteiger partial charge in [0.2, 0.25) is 0 Å². The summed E-state index contributed by atoms with van der Waals surface area (Å²) in [7, 11) is 0. The molecule has 0 aliphatic carbocycles. The highest BCUT2D eigenvalue weighted by Gasteiger charge is 2.13. The van der Waals surface area contributed by atoms with Gasteiger partial charge in [-0.05, 0) is 12.8 Å². The van der Waals surface area contributed by atoms with Crippen molar-refractivity contribution in [2.24, 2.45) is 5.41 Å². The molecular weight excluding hydrogens is 232 g/mol. The van der Waals surface area contributed by atoms with Crippen LogP contribution in [0.2, 0.25) is 0 Å². The summed E-state index contributed by atoms with van der Waals surface area (Å²) in [4.78, 5) is 0. The van der Waals surface area contributed by atoms with Gasteiger partial charge in [-0.2, -0.15) is 0 Å². The zero-order valence-electron chi connectivity index (χ0n) is 12.1. The Morgan fingerprint density at radius 3 is 1.00 bits per heavy atom. The summed E-state index contributed by atoms with van der Waals surface area (Å²) in [5, 5.41) is 33.8. The Hall–Kier alpha value is -0.160. The van der Waals surface area contributed by atoms with Crippen LogP contribution < -0.4 is 0 Å². The maximum atomic E-state index is 8.47. The van der Waals surface area contributed by atoms with E-state index in [9.17, 15) is 0 Å². The molecule has 0 aromatic heterocycles. The number of hydrogen-bond acceptors (Lipinski definition) is 4. The molecule has 112 valence electrons. The fourth-order valence-electron chi connectivity index (χ4n) is 1.16. The molecule has 0 unspecified atom stereocenters. The number of aliphatic hydroxyl groups excluding tert-OH is 4. The van der Waals surface area contributed by atoms with Gasteiger partial charge in [-0.1, -0.05) is 46.0 Å². The SMILES string of the molecule is CC(C)(CO)CO.OCCCCCCCCCO. The molecule has 0 saturated heterocycles. The summed E-state index contributed by atoms with van der Waals surface area (Å²) in [5.74, 6) is 0. The molecule has 0 radical (unpaired) electrons. The quantitative estimate of drug-likeness (QED) is 0.453. The fraction of sp³-hybridized carbons (Fsp3) is 1.00. The summed E-state index contributed by atoms with van der Waals surface area (Å²) in [6.07, 6.45) is 7.89. The molecule has 0 heterocycles. The van der Waals surface area contributed by atoms with Crippen molar-refractivity contribution in [2.75, 3.05) is 26.4 Å². The molecule has 0 aliphatic rings. The Bertz CT molecular complexity index is 135. The molecular formula is C14H32O4. The summed E-state index contributed by atoms with van der Waals surface area (Å²) >= 11 is 0. The predicted octanol–water partition coefficient (Wildman–Crippen LogP) is 1.70. The van der Waals surface area contributed by atoms with Gasteiger partial charge in [0.15, 0.2) is 0 Å². The van der Waals surface area contributed by atoms with E-state index in [2.05, 4.69) is 0 Å². The average Bonchev–Trinajstić information content (AvgIpc) is 2.38. The van der Waals surface area contributed by atoms with Crippen LogP contribution in [0.15, 0.2) is 0 Å². The minimum atomic E-state index is -0.306. The molecule has 0 bridgehead atoms. The Labute approximate surface area is 112 Å². The van der Waals surface area contributed by atoms with Gasteiger partial charge >= 0.3 is 0 Å². The van der Waals surface area contributed by atoms with Crippen molar-refractivity contribution in [3.63, 3.8) is 0 Å². The summed E-state index contributed by atoms with van der Waals surface area (Å²) in [6.45, 7) is 4.35. The monoisotopic (exact) mass is 264 g/mol. The van der Waals surface area contributed by atoms with Gasteiger partial charge in [0, 0.05) is 18.6 Å². The van der Waals surface area contributed by atoms with Crippen LogP contribution in [0.1, 0.15) is 58.8 Å². The largest absolute Gasteiger partial charge is 0.396 e. The normalized spacial score (nSPS) is 11.0. The lowest BCUT2D eigenvalue weighted by molar-refractivity contribution is 0.0857. The third kappa shape index (κ3) is 18.2. The van der Waals surface area contributed by atoms with Crippen LogP contribution >= 0.6 is 0 Å². The molecule has 0 saturated carbocycles. The molecule has 4 heteroatoms. The van der Waals surface area contributed by atoms with Crippen molar-refractivity contribution in [3.05, 3.63) is 0 Å². The van der Waals surface area contributed by atoms with Gasteiger partial charge in [-0.25, -0.2) is 0 Å². The summed E-state index contributed by atoms with van der Waals surface area (Å²) < 4.78 is 0. The third-order valence-corrected chi connectivity index (χ3v) is 2.67. The molecule has 0 fully saturated rings. The predicted molar refractivity (Wildman–Crippen MR) is 74.4 cm³/mol. The zero-order chi connectivity index (χ0) is 14.3. The van der Waals surface area contributed by atoms with Gasteiger partial charge in [0.1, 0.15) is 0 Å². The lowest BCUT2D eigenvalue weighted by atomic mass is 9.97. The van der Waals surface area contributed by atoms with E-state index in [4.69, 9.17) is 20.4 Å². The van der Waals surface area contributed by atoms with E-state index in [1.54, 1.807) is 13.8 Å². The number of unbranched alkanes of at least 4 members (excludes halogenated alkanes) is 6. The first-order valence-electron chi connectivity index (χ1n) is 6.97. The standard InChI is InChI=1S/C9H20O2.C5H12O2/c10-8-6-4-2-1-3-5-7-9-11;1-5(2,3-6)4-7/h10-11H,1-9H2;6-7H,3-4H2,1-2H3. The van der Waals surface area contributed by atoms with Crippen LogP contribution in [0, 0.1) is 5.41 Å². The van der Waals surface area contributed by atoms with Crippen LogP contribution in [0.25, 0.3) is 0 Å². The highest BCUT2D eigenvalue weighted by molar-refractivity contribution is 4.62. The third-order valence-electron chi connectivity index (χ3n) is 2.67. The van der Waals surface area contributed by atoms with Crippen molar-refractivity contribution < 1.29 is 20.4 Å². The Balaban J connectivity index is 0. The second-order valence-corrected chi connectivity index (χ2v) is 5.40. The number of hydrogen-bond donors (Lipinski definition) is 4. The maximum absolute atomic E-state index is 8.47. The second-order valence-electron chi connectivity index (χ2n) is 5.40. The Morgan fingerprint density at radius 1 is 0.556 bits per heavy atom. The van der Waals surface area contributed by atoms with E-state index < -0.39 is 0 Å². The van der Waals surface area contributed by atoms with Crippen LogP contribution in [-0.2, 0) is 0 Å². The molecule has 0 aromatic rings. The van der Waals surface area contributed by atoms with Crippen molar-refractivity contribution >= 4 is 0 Å². The highest BCUT2D eigenvalue weighted by atomic mass is 16.3. The first kappa shape index (κ1) is 20.2. The van der Waals surface area contributed by atoms with Crippen LogP contribution in [0.3, 0.4) is 0 Å². The first-order valence-corrected chi connectivity index (χ1v) is 6.97. The van der Waals surface area contributed by atoms with E-state index in [1.807, 2.05) is 0 Å². The Kier molecular flexibility index (Phi) is 16.7. The van der Waals surface area contributed by atoms with Gasteiger partial charge < -0.3 is 20.4 Å². The fourth-order valence-corrected chi connectivity index (χ4v) is 1.16. The highest BCUT2D eigenvalue weighted by Crippen LogP contribution is 2.10. The lowest BCUT2D eigenvalue weighted by Gasteiger charge is -2.16. The summed E-state index contributed by atoms with van der Waals surface area (Å²) in [6, 6.07) is 0. The smallest absolute Gasteiger partial charge is 0.0504 e. The molecule has 0 amide bonds. The van der Waals surface area contributed by atoms with E-state index in [-0.39, 0.29) is 18.6 Å². The van der Waals surface area contributed by atoms with E-state index in [0.717, 1.165) is 25.7 Å². The van der Waals surface area contributed by atoms with Gasteiger partial charge in [-0.15, -0.1) is 0 Å². The summed E-state index contributed by atoms with van der Waals surface area (Å²) in [5.41, 5.74) is -0.306. The Morgan fingerprint density at radius 2 is 0.833 bits per heavy atom. The number of aliphatic hydroxyl groups is 4. The molecule has 4 N–H and O–H groups in total. The minimum Gasteiger partial charge on any atom is -0.396 e. The topological polar surface area (TPSA) is 80.9 Å². The molecule has 4 nitrogen and oxygen atoms in total. The van der Waals surface area contributed by atoms with Crippen LogP contribution in [0.5, 0.6) is 0 Å². The van der Waals surface area contributed by atoms with E-state index in [0.29, 0.717) is 13.2 Å². The van der Waals surface area contributed by atoms with Crippen molar-refractivity contribution in [1.29, 1.82) is 0 Å². The lowest BCUT2D eigenvalue weighted by Crippen LogP contribution is -2.20. The van der Waals surface area contributed by atoms with Crippen molar-refractivity contribution in [1.82, 2.24) is 0 Å². The van der Waals surface area contributed by atoms with E-state index >= 15 is 0 Å². The molecule has 0 rings (SSSR count). The first-order chi connectivity index (χ1) is 8.54. The average molecular weight is 264 g/mol. The van der Waals surface area contributed by atoms with Crippen molar-refractivity contribution in [2.45, 2.75) is 58.8 Å². The zero-order valence-corrected chi connectivity index (χ0v) is 12.1. The molecule has 0 spiro atoms. The van der Waals surface area contributed by atoms with Crippen molar-refractivity contribution in [3.8, 4) is 0 Å². The van der Waals surface area contributed by atoms with Gasteiger partial charge in [-0.3, -0.25) is 0 Å². The maximum Gasteiger partial charge on any atom is 0.0504 e. The molecule has 0 aromatic carbocycles. The second kappa shape index (κ2) is 14.9. The van der Waals surface area contributed by atoms with Crippen LogP contribution in [-0.4, -0.2) is 46.9 Å². The number of rotatable bonds is 10. The van der Waals surface area contributed by atoms with Gasteiger partial charge in [0.25, 0.3) is 0 Å². The molecule has 0 atom stereocenters. The van der Waals surface area contributed by atoms with Gasteiger partial charge in [0.05, 0.1) is 13.2 Å².